The molecule has 18 heavy (non-hydrogen) atoms. The number of nitrogens with zero attached hydrogens (tertiary/aromatic N) is 2. The van der Waals surface area contributed by atoms with Crippen LogP contribution in [0.3, 0.4) is 0 Å². The Labute approximate surface area is 111 Å². The number of aromatic nitrogens is 1. The molecule has 1 aromatic rings. The van der Waals surface area contributed by atoms with Crippen LogP contribution in [0.25, 0.3) is 0 Å². The highest BCUT2D eigenvalue weighted by atomic mass is 35.5. The molecule has 0 spiro atoms. The summed E-state index contributed by atoms with van der Waals surface area (Å²) in [6, 6.07) is 3.41. The zero-order valence-electron chi connectivity index (χ0n) is 9.76. The Balaban J connectivity index is 2.06. The average molecular weight is 291 g/mol. The zero-order valence-corrected chi connectivity index (χ0v) is 11.3. The molecule has 8 heteroatoms. The van der Waals surface area contributed by atoms with Crippen LogP contribution in [0.2, 0.25) is 5.02 Å². The summed E-state index contributed by atoms with van der Waals surface area (Å²) in [5, 5.41) is 0.558. The molecule has 0 bridgehead atoms. The molecule has 0 unspecified atom stereocenters. The van der Waals surface area contributed by atoms with Crippen LogP contribution < -0.4 is 11.3 Å². The number of rotatable bonds is 3. The highest BCUT2D eigenvalue weighted by Crippen LogP contribution is 2.19. The molecule has 2 heterocycles. The van der Waals surface area contributed by atoms with Crippen molar-refractivity contribution in [3.63, 3.8) is 0 Å². The fourth-order valence-electron chi connectivity index (χ4n) is 1.80. The predicted octanol–water partition coefficient (Wildman–Crippen LogP) is 0.251. The van der Waals surface area contributed by atoms with Crippen molar-refractivity contribution in [3.8, 4) is 0 Å². The van der Waals surface area contributed by atoms with Gasteiger partial charge in [0.15, 0.2) is 9.84 Å². The van der Waals surface area contributed by atoms with Gasteiger partial charge in [-0.3, -0.25) is 4.90 Å². The Morgan fingerprint density at radius 1 is 1.39 bits per heavy atom. The molecule has 100 valence electrons. The van der Waals surface area contributed by atoms with Gasteiger partial charge in [0.25, 0.3) is 0 Å². The molecule has 1 fully saturated rings. The SMILES string of the molecule is NNc1ccc(Cl)c(CN2CCS(=O)(=O)CC2)n1. The first kappa shape index (κ1) is 13.5. The third-order valence-corrected chi connectivity index (χ3v) is 4.83. The smallest absolute Gasteiger partial charge is 0.152 e. The fourth-order valence-corrected chi connectivity index (χ4v) is 3.24. The van der Waals surface area contributed by atoms with Crippen molar-refractivity contribution >= 4 is 27.3 Å². The van der Waals surface area contributed by atoms with E-state index in [1.54, 1.807) is 12.1 Å². The Kier molecular flexibility index (Phi) is 4.06. The summed E-state index contributed by atoms with van der Waals surface area (Å²) < 4.78 is 22.6. The Bertz CT molecular complexity index is 521. The van der Waals surface area contributed by atoms with Gasteiger partial charge < -0.3 is 5.43 Å². The number of hydrogen-bond acceptors (Lipinski definition) is 6. The molecule has 1 saturated heterocycles. The number of nitrogens with one attached hydrogen (secondary N) is 1. The molecule has 6 nitrogen and oxygen atoms in total. The molecule has 0 aliphatic carbocycles. The topological polar surface area (TPSA) is 88.3 Å². The van der Waals surface area contributed by atoms with Crippen LogP contribution in [0, 0.1) is 0 Å². The number of anilines is 1. The lowest BCUT2D eigenvalue weighted by molar-refractivity contribution is 0.284. The summed E-state index contributed by atoms with van der Waals surface area (Å²) >= 11 is 6.05. The van der Waals surface area contributed by atoms with Crippen LogP contribution in [-0.4, -0.2) is 42.9 Å². The van der Waals surface area contributed by atoms with Gasteiger partial charge in [0.1, 0.15) is 5.82 Å². The summed E-state index contributed by atoms with van der Waals surface area (Å²) in [5.41, 5.74) is 3.16. The second-order valence-electron chi connectivity index (χ2n) is 4.20. The van der Waals surface area contributed by atoms with E-state index < -0.39 is 9.84 Å². The Hall–Kier alpha value is -0.890. The molecule has 1 aromatic heterocycles. The Morgan fingerprint density at radius 2 is 2.06 bits per heavy atom. The van der Waals surface area contributed by atoms with Gasteiger partial charge in [0.2, 0.25) is 0 Å². The van der Waals surface area contributed by atoms with Crippen molar-refractivity contribution in [2.75, 3.05) is 30.0 Å². The number of pyridine rings is 1. The second-order valence-corrected chi connectivity index (χ2v) is 6.91. The maximum absolute atomic E-state index is 11.3. The summed E-state index contributed by atoms with van der Waals surface area (Å²) in [6.45, 7) is 1.56. The molecule has 3 N–H and O–H groups in total. The van der Waals surface area contributed by atoms with Crippen molar-refractivity contribution < 1.29 is 8.42 Å². The first-order chi connectivity index (χ1) is 8.50. The zero-order chi connectivity index (χ0) is 13.2. The molecule has 0 aromatic carbocycles. The van der Waals surface area contributed by atoms with E-state index in [9.17, 15) is 8.42 Å². The monoisotopic (exact) mass is 290 g/mol. The normalized spacial score (nSPS) is 19.7. The molecule has 0 amide bonds. The number of sulfone groups is 1. The molecule has 1 aliphatic heterocycles. The van der Waals surface area contributed by atoms with Crippen molar-refractivity contribution in [2.45, 2.75) is 6.54 Å². The quantitative estimate of drug-likeness (QED) is 0.613. The molecular formula is C10H15ClN4O2S. The van der Waals surface area contributed by atoms with Gasteiger partial charge >= 0.3 is 0 Å². The van der Waals surface area contributed by atoms with Crippen molar-refractivity contribution in [2.24, 2.45) is 5.84 Å². The number of hydrogen-bond donors (Lipinski definition) is 2. The van der Waals surface area contributed by atoms with Crippen LogP contribution >= 0.6 is 11.6 Å². The second kappa shape index (κ2) is 5.40. The lowest BCUT2D eigenvalue weighted by atomic mass is 10.3. The maximum atomic E-state index is 11.3. The molecule has 2 rings (SSSR count). The van der Waals surface area contributed by atoms with Crippen LogP contribution in [0.15, 0.2) is 12.1 Å². The minimum atomic E-state index is -2.86. The van der Waals surface area contributed by atoms with Gasteiger partial charge in [0.05, 0.1) is 22.2 Å². The van der Waals surface area contributed by atoms with E-state index in [-0.39, 0.29) is 11.5 Å². The number of nitrogens with two attached hydrogens (primary N) is 1. The summed E-state index contributed by atoms with van der Waals surface area (Å²) in [7, 11) is -2.86. The molecule has 0 radical (unpaired) electrons. The lowest BCUT2D eigenvalue weighted by Crippen LogP contribution is -2.39. The summed E-state index contributed by atoms with van der Waals surface area (Å²) in [5.74, 6) is 6.22. The number of hydrazine groups is 1. The van der Waals surface area contributed by atoms with Crippen molar-refractivity contribution in [1.82, 2.24) is 9.88 Å². The van der Waals surface area contributed by atoms with E-state index in [0.717, 1.165) is 0 Å². The predicted molar refractivity (Wildman–Crippen MR) is 71.0 cm³/mol. The third-order valence-electron chi connectivity index (χ3n) is 2.88. The maximum Gasteiger partial charge on any atom is 0.152 e. The van der Waals surface area contributed by atoms with E-state index in [0.29, 0.717) is 36.2 Å². The van der Waals surface area contributed by atoms with Gasteiger partial charge in [-0.1, -0.05) is 11.6 Å². The van der Waals surface area contributed by atoms with Gasteiger partial charge in [0, 0.05) is 19.6 Å². The highest BCUT2D eigenvalue weighted by molar-refractivity contribution is 7.91. The average Bonchev–Trinajstić information content (AvgIpc) is 2.34. The number of nitrogen functional groups attached to an aromatic ring is 1. The first-order valence-electron chi connectivity index (χ1n) is 5.55. The fraction of sp³-hybridized carbons (Fsp3) is 0.500. The number of halogens is 1. The molecule has 1 aliphatic rings. The summed E-state index contributed by atoms with van der Waals surface area (Å²) in [4.78, 5) is 6.29. The third kappa shape index (κ3) is 3.32. The van der Waals surface area contributed by atoms with Crippen LogP contribution in [0.4, 0.5) is 5.82 Å². The minimum Gasteiger partial charge on any atom is -0.308 e. The first-order valence-corrected chi connectivity index (χ1v) is 7.75. The molecular weight excluding hydrogens is 276 g/mol. The van der Waals surface area contributed by atoms with Crippen molar-refractivity contribution in [3.05, 3.63) is 22.8 Å². The van der Waals surface area contributed by atoms with E-state index >= 15 is 0 Å². The lowest BCUT2D eigenvalue weighted by Gasteiger charge is -2.26. The van der Waals surface area contributed by atoms with E-state index in [2.05, 4.69) is 10.4 Å². The van der Waals surface area contributed by atoms with Crippen LogP contribution in [-0.2, 0) is 16.4 Å². The van der Waals surface area contributed by atoms with E-state index in [1.165, 1.54) is 0 Å². The molecule has 0 saturated carbocycles. The standard InChI is InChI=1S/C10H15ClN4O2S/c11-8-1-2-10(14-12)13-9(8)7-15-3-5-18(16,17)6-4-15/h1-2H,3-7,12H2,(H,13,14). The summed E-state index contributed by atoms with van der Waals surface area (Å²) in [6.07, 6.45) is 0. The van der Waals surface area contributed by atoms with Gasteiger partial charge in [-0.05, 0) is 12.1 Å². The Morgan fingerprint density at radius 3 is 2.67 bits per heavy atom. The van der Waals surface area contributed by atoms with Crippen LogP contribution in [0.1, 0.15) is 5.69 Å². The van der Waals surface area contributed by atoms with E-state index in [1.807, 2.05) is 4.90 Å². The van der Waals surface area contributed by atoms with E-state index in [4.69, 9.17) is 17.4 Å². The van der Waals surface area contributed by atoms with Gasteiger partial charge in [-0.2, -0.15) is 0 Å². The highest BCUT2D eigenvalue weighted by Gasteiger charge is 2.22. The largest absolute Gasteiger partial charge is 0.308 e. The van der Waals surface area contributed by atoms with Gasteiger partial charge in [-0.15, -0.1) is 0 Å². The minimum absolute atomic E-state index is 0.194. The van der Waals surface area contributed by atoms with Gasteiger partial charge in [-0.25, -0.2) is 19.2 Å². The van der Waals surface area contributed by atoms with Crippen LogP contribution in [0.5, 0.6) is 0 Å². The molecule has 0 atom stereocenters. The van der Waals surface area contributed by atoms with Crippen molar-refractivity contribution in [1.29, 1.82) is 0 Å².